The molecule has 0 aliphatic carbocycles. The Morgan fingerprint density at radius 3 is 2.88 bits per heavy atom. The number of nitrogens with two attached hydrogens (primary N) is 1. The van der Waals surface area contributed by atoms with Crippen LogP contribution >= 0.6 is 11.6 Å². The molecule has 0 bridgehead atoms. The summed E-state index contributed by atoms with van der Waals surface area (Å²) in [6, 6.07) is 10.7. The maximum Gasteiger partial charge on any atom is 0.141 e. The predicted octanol–water partition coefficient (Wildman–Crippen LogP) is 3.71. The van der Waals surface area contributed by atoms with Gasteiger partial charge < -0.3 is 10.7 Å². The van der Waals surface area contributed by atoms with Gasteiger partial charge in [0.25, 0.3) is 0 Å². The number of nitrogens with zero attached hydrogens (tertiary/aromatic N) is 3. The van der Waals surface area contributed by atoms with E-state index in [1.807, 2.05) is 18.3 Å². The van der Waals surface area contributed by atoms with Crippen LogP contribution in [0.4, 0.5) is 0 Å². The normalized spacial score (nSPS) is 21.3. The van der Waals surface area contributed by atoms with Crippen LogP contribution in [0.3, 0.4) is 0 Å². The van der Waals surface area contributed by atoms with Gasteiger partial charge in [0.1, 0.15) is 12.0 Å². The highest BCUT2D eigenvalue weighted by molar-refractivity contribution is 6.30. The van der Waals surface area contributed by atoms with E-state index in [-0.39, 0.29) is 12.1 Å². The van der Waals surface area contributed by atoms with Crippen LogP contribution in [0.5, 0.6) is 0 Å². The Morgan fingerprint density at radius 2 is 2.04 bits per heavy atom. The number of likely N-dealkylation sites (tertiary alicyclic amines) is 1. The summed E-state index contributed by atoms with van der Waals surface area (Å²) in [6.07, 6.45) is 7.72. The summed E-state index contributed by atoms with van der Waals surface area (Å²) in [5, 5.41) is 1.90. The topological polar surface area (TPSA) is 70.8 Å². The van der Waals surface area contributed by atoms with E-state index < -0.39 is 0 Å². The smallest absolute Gasteiger partial charge is 0.141 e. The number of aromatic amines is 1. The number of aromatic nitrogens is 3. The average Bonchev–Trinajstić information content (AvgIpc) is 3.13. The van der Waals surface area contributed by atoms with Gasteiger partial charge in [-0.15, -0.1) is 0 Å². The SMILES string of the molecule is NC1CCN(CCCc2ccc(Cl)cc2)[C@H](c2ncnc3[nH]ccc23)C1. The van der Waals surface area contributed by atoms with Crippen LogP contribution < -0.4 is 5.73 Å². The molecule has 1 fully saturated rings. The van der Waals surface area contributed by atoms with Crippen molar-refractivity contribution in [2.75, 3.05) is 13.1 Å². The van der Waals surface area contributed by atoms with Crippen molar-refractivity contribution in [1.29, 1.82) is 0 Å². The molecule has 2 atom stereocenters. The zero-order chi connectivity index (χ0) is 17.9. The van der Waals surface area contributed by atoms with E-state index in [4.69, 9.17) is 17.3 Å². The lowest BCUT2D eigenvalue weighted by atomic mass is 9.93. The fourth-order valence-electron chi connectivity index (χ4n) is 3.89. The fraction of sp³-hybridized carbons (Fsp3) is 0.400. The number of H-pyrrole nitrogens is 1. The standard InChI is InChI=1S/C20H24ClN5/c21-15-5-3-14(4-6-15)2-1-10-26-11-8-16(22)12-18(26)19-17-7-9-23-20(17)25-13-24-19/h3-7,9,13,16,18H,1-2,8,10-12,22H2,(H,23,24,25)/t16?,18-/m0/s1. The quantitative estimate of drug-likeness (QED) is 0.719. The Hall–Kier alpha value is -1.95. The molecule has 1 aromatic carbocycles. The van der Waals surface area contributed by atoms with E-state index in [0.717, 1.165) is 60.5 Å². The Bertz CT molecular complexity index is 860. The van der Waals surface area contributed by atoms with Gasteiger partial charge in [-0.25, -0.2) is 9.97 Å². The zero-order valence-corrected chi connectivity index (χ0v) is 15.5. The first-order chi connectivity index (χ1) is 12.7. The van der Waals surface area contributed by atoms with Gasteiger partial charge in [-0.2, -0.15) is 0 Å². The second kappa shape index (κ2) is 7.74. The van der Waals surface area contributed by atoms with Crippen molar-refractivity contribution in [2.45, 2.75) is 37.8 Å². The molecule has 26 heavy (non-hydrogen) atoms. The van der Waals surface area contributed by atoms with Crippen LogP contribution in [-0.2, 0) is 6.42 Å². The molecular weight excluding hydrogens is 346 g/mol. The molecule has 1 saturated heterocycles. The lowest BCUT2D eigenvalue weighted by Crippen LogP contribution is -2.43. The van der Waals surface area contributed by atoms with E-state index in [9.17, 15) is 0 Å². The highest BCUT2D eigenvalue weighted by Crippen LogP contribution is 2.32. The number of hydrogen-bond donors (Lipinski definition) is 2. The third-order valence-corrected chi connectivity index (χ3v) is 5.53. The highest BCUT2D eigenvalue weighted by atomic mass is 35.5. The number of rotatable bonds is 5. The second-order valence-corrected chi connectivity index (χ2v) is 7.50. The Morgan fingerprint density at radius 1 is 1.19 bits per heavy atom. The number of benzene rings is 1. The van der Waals surface area contributed by atoms with Gasteiger partial charge in [-0.1, -0.05) is 23.7 Å². The molecule has 0 radical (unpaired) electrons. The van der Waals surface area contributed by atoms with Gasteiger partial charge in [-0.05, 0) is 56.0 Å². The summed E-state index contributed by atoms with van der Waals surface area (Å²) in [5.41, 5.74) is 9.61. The van der Waals surface area contributed by atoms with Crippen molar-refractivity contribution in [2.24, 2.45) is 5.73 Å². The molecule has 1 unspecified atom stereocenters. The van der Waals surface area contributed by atoms with Crippen LogP contribution in [-0.4, -0.2) is 39.0 Å². The number of fused-ring (bicyclic) bond motifs is 1. The van der Waals surface area contributed by atoms with Crippen molar-refractivity contribution in [3.63, 3.8) is 0 Å². The van der Waals surface area contributed by atoms with E-state index in [1.54, 1.807) is 6.33 Å². The van der Waals surface area contributed by atoms with Gasteiger partial charge in [-0.3, -0.25) is 4.90 Å². The molecule has 5 nitrogen and oxygen atoms in total. The van der Waals surface area contributed by atoms with Gasteiger partial charge in [0.05, 0.1) is 11.7 Å². The van der Waals surface area contributed by atoms with Crippen molar-refractivity contribution in [3.8, 4) is 0 Å². The second-order valence-electron chi connectivity index (χ2n) is 7.07. The molecule has 136 valence electrons. The molecule has 0 saturated carbocycles. The number of piperidine rings is 1. The Labute approximate surface area is 158 Å². The van der Waals surface area contributed by atoms with E-state index >= 15 is 0 Å². The number of aryl methyl sites for hydroxylation is 1. The minimum absolute atomic E-state index is 0.233. The summed E-state index contributed by atoms with van der Waals surface area (Å²) in [6.45, 7) is 2.05. The Kier molecular flexibility index (Phi) is 5.20. The molecule has 1 aliphatic heterocycles. The largest absolute Gasteiger partial charge is 0.346 e. The molecule has 3 aromatic rings. The lowest BCUT2D eigenvalue weighted by Gasteiger charge is -2.38. The summed E-state index contributed by atoms with van der Waals surface area (Å²) >= 11 is 5.97. The number of nitrogens with one attached hydrogen (secondary N) is 1. The van der Waals surface area contributed by atoms with Gasteiger partial charge >= 0.3 is 0 Å². The third kappa shape index (κ3) is 3.75. The van der Waals surface area contributed by atoms with E-state index in [1.165, 1.54) is 5.56 Å². The van der Waals surface area contributed by atoms with Crippen LogP contribution in [0.15, 0.2) is 42.9 Å². The van der Waals surface area contributed by atoms with Crippen LogP contribution in [0, 0.1) is 0 Å². The number of hydrogen-bond acceptors (Lipinski definition) is 4. The maximum atomic E-state index is 6.29. The first kappa shape index (κ1) is 17.5. The number of halogens is 1. The average molecular weight is 370 g/mol. The first-order valence-corrected chi connectivity index (χ1v) is 9.60. The van der Waals surface area contributed by atoms with Crippen LogP contribution in [0.1, 0.15) is 36.6 Å². The van der Waals surface area contributed by atoms with E-state index in [0.29, 0.717) is 0 Å². The molecule has 3 N–H and O–H groups in total. The van der Waals surface area contributed by atoms with Crippen LogP contribution in [0.2, 0.25) is 5.02 Å². The summed E-state index contributed by atoms with van der Waals surface area (Å²) in [5.74, 6) is 0. The zero-order valence-electron chi connectivity index (χ0n) is 14.7. The molecule has 0 spiro atoms. The van der Waals surface area contributed by atoms with Crippen molar-refractivity contribution >= 4 is 22.6 Å². The molecule has 2 aromatic heterocycles. The summed E-state index contributed by atoms with van der Waals surface area (Å²) < 4.78 is 0. The molecular formula is C20H24ClN5. The van der Waals surface area contributed by atoms with Gasteiger partial charge in [0, 0.05) is 29.2 Å². The maximum absolute atomic E-state index is 6.29. The molecule has 1 aliphatic rings. The minimum atomic E-state index is 0.233. The first-order valence-electron chi connectivity index (χ1n) is 9.23. The molecule has 3 heterocycles. The predicted molar refractivity (Wildman–Crippen MR) is 105 cm³/mol. The van der Waals surface area contributed by atoms with Crippen LogP contribution in [0.25, 0.3) is 11.0 Å². The highest BCUT2D eigenvalue weighted by Gasteiger charge is 2.30. The lowest BCUT2D eigenvalue weighted by molar-refractivity contribution is 0.132. The fourth-order valence-corrected chi connectivity index (χ4v) is 4.01. The van der Waals surface area contributed by atoms with Crippen molar-refractivity contribution < 1.29 is 0 Å². The molecule has 0 amide bonds. The van der Waals surface area contributed by atoms with Crippen molar-refractivity contribution in [3.05, 3.63) is 59.1 Å². The van der Waals surface area contributed by atoms with Crippen molar-refractivity contribution in [1.82, 2.24) is 19.9 Å². The van der Waals surface area contributed by atoms with E-state index in [2.05, 4.69) is 38.1 Å². The Balaban J connectivity index is 1.48. The molecule has 4 rings (SSSR count). The monoisotopic (exact) mass is 369 g/mol. The summed E-state index contributed by atoms with van der Waals surface area (Å²) in [7, 11) is 0. The minimum Gasteiger partial charge on any atom is -0.346 e. The third-order valence-electron chi connectivity index (χ3n) is 5.28. The van der Waals surface area contributed by atoms with Gasteiger partial charge in [0.2, 0.25) is 0 Å². The summed E-state index contributed by atoms with van der Waals surface area (Å²) in [4.78, 5) is 14.7. The van der Waals surface area contributed by atoms with Gasteiger partial charge in [0.15, 0.2) is 0 Å². The molecule has 6 heteroatoms.